The first-order valence-electron chi connectivity index (χ1n) is 17.7. The molecule has 1 aromatic heterocycles. The number of rotatable bonds is 2. The summed E-state index contributed by atoms with van der Waals surface area (Å²) in [6.07, 6.45) is 0. The van der Waals surface area contributed by atoms with Crippen LogP contribution in [0.2, 0.25) is 0 Å². The van der Waals surface area contributed by atoms with Crippen molar-refractivity contribution in [2.75, 3.05) is 0 Å². The third kappa shape index (κ3) is 3.70. The predicted molar refractivity (Wildman–Crippen MR) is 218 cm³/mol. The quantitative estimate of drug-likeness (QED) is 0.171. The van der Waals surface area contributed by atoms with Crippen LogP contribution in [0.4, 0.5) is 0 Å². The average Bonchev–Trinajstić information content (AvgIpc) is 3.56. The summed E-state index contributed by atoms with van der Waals surface area (Å²) < 4.78 is 6.58. The molecule has 0 aliphatic heterocycles. The van der Waals surface area contributed by atoms with Crippen molar-refractivity contribution in [2.24, 2.45) is 0 Å². The van der Waals surface area contributed by atoms with Crippen molar-refractivity contribution in [3.05, 3.63) is 170 Å². The number of furan rings is 1. The van der Waals surface area contributed by atoms with Crippen molar-refractivity contribution in [3.63, 3.8) is 0 Å². The van der Waals surface area contributed by atoms with E-state index in [1.165, 1.54) is 97.7 Å². The minimum Gasteiger partial charge on any atom is -0.456 e. The van der Waals surface area contributed by atoms with Crippen molar-refractivity contribution < 1.29 is 4.42 Å². The Morgan fingerprint density at radius 2 is 0.784 bits per heavy atom. The second-order valence-electron chi connectivity index (χ2n) is 14.0. The van der Waals surface area contributed by atoms with Gasteiger partial charge >= 0.3 is 0 Å². The number of benzene rings is 11. The fraction of sp³-hybridized carbons (Fsp3) is 0. The highest BCUT2D eigenvalue weighted by Gasteiger charge is 2.18. The highest BCUT2D eigenvalue weighted by molar-refractivity contribution is 6.30. The zero-order valence-electron chi connectivity index (χ0n) is 27.6. The molecule has 0 aliphatic rings. The van der Waals surface area contributed by atoms with Crippen LogP contribution in [0.15, 0.2) is 174 Å². The lowest BCUT2D eigenvalue weighted by molar-refractivity contribution is 0.669. The van der Waals surface area contributed by atoms with Gasteiger partial charge < -0.3 is 4.42 Å². The highest BCUT2D eigenvalue weighted by atomic mass is 16.3. The van der Waals surface area contributed by atoms with Gasteiger partial charge in [0.1, 0.15) is 11.2 Å². The minimum atomic E-state index is 0.912. The lowest BCUT2D eigenvalue weighted by Crippen LogP contribution is -1.90. The van der Waals surface area contributed by atoms with Crippen LogP contribution in [-0.4, -0.2) is 0 Å². The van der Waals surface area contributed by atoms with Gasteiger partial charge in [0.05, 0.1) is 0 Å². The van der Waals surface area contributed by atoms with Crippen LogP contribution in [0.5, 0.6) is 0 Å². The number of hydrogen-bond donors (Lipinski definition) is 0. The summed E-state index contributed by atoms with van der Waals surface area (Å²) in [6, 6.07) is 62.6. The summed E-state index contributed by atoms with van der Waals surface area (Å²) in [5.41, 5.74) is 6.82. The van der Waals surface area contributed by atoms with Crippen LogP contribution >= 0.6 is 0 Å². The summed E-state index contributed by atoms with van der Waals surface area (Å²) in [6.45, 7) is 0. The van der Waals surface area contributed by atoms with Crippen LogP contribution in [-0.2, 0) is 0 Å². The molecule has 0 unspecified atom stereocenters. The van der Waals surface area contributed by atoms with Gasteiger partial charge in [-0.25, -0.2) is 0 Å². The van der Waals surface area contributed by atoms with Gasteiger partial charge in [0.25, 0.3) is 0 Å². The summed E-state index contributed by atoms with van der Waals surface area (Å²) in [7, 11) is 0. The van der Waals surface area contributed by atoms with Gasteiger partial charge in [-0.15, -0.1) is 0 Å². The highest BCUT2D eigenvalue weighted by Crippen LogP contribution is 2.45. The van der Waals surface area contributed by atoms with E-state index in [2.05, 4.69) is 170 Å². The van der Waals surface area contributed by atoms with Crippen molar-refractivity contribution in [3.8, 4) is 22.3 Å². The molecule has 11 aromatic carbocycles. The Kier molecular flexibility index (Phi) is 5.29. The fourth-order valence-electron chi connectivity index (χ4n) is 9.09. The molecule has 0 saturated heterocycles. The first kappa shape index (κ1) is 27.2. The Morgan fingerprint density at radius 1 is 0.255 bits per heavy atom. The van der Waals surface area contributed by atoms with Gasteiger partial charge in [0.2, 0.25) is 0 Å². The van der Waals surface area contributed by atoms with Crippen molar-refractivity contribution >= 4 is 97.3 Å². The number of fused-ring (bicyclic) bond motifs is 10. The fourth-order valence-corrected chi connectivity index (χ4v) is 9.09. The van der Waals surface area contributed by atoms with E-state index in [1.807, 2.05) is 0 Å². The molecule has 1 nitrogen and oxygen atoms in total. The minimum absolute atomic E-state index is 0.912. The second kappa shape index (κ2) is 9.94. The molecule has 0 spiro atoms. The molecule has 12 rings (SSSR count). The van der Waals surface area contributed by atoms with Crippen LogP contribution in [0.1, 0.15) is 0 Å². The molecule has 0 bridgehead atoms. The van der Waals surface area contributed by atoms with E-state index in [4.69, 9.17) is 4.42 Å². The van der Waals surface area contributed by atoms with E-state index in [9.17, 15) is 0 Å². The molecule has 234 valence electrons. The molecule has 0 fully saturated rings. The summed E-state index contributed by atoms with van der Waals surface area (Å²) in [4.78, 5) is 0. The van der Waals surface area contributed by atoms with E-state index >= 15 is 0 Å². The first-order chi connectivity index (χ1) is 25.3. The van der Waals surface area contributed by atoms with E-state index in [1.54, 1.807) is 0 Å². The molecule has 0 amide bonds. The Hall–Kier alpha value is -6.70. The van der Waals surface area contributed by atoms with Gasteiger partial charge in [-0.1, -0.05) is 146 Å². The molecule has 0 aliphatic carbocycles. The van der Waals surface area contributed by atoms with Crippen molar-refractivity contribution in [1.82, 2.24) is 0 Å². The Balaban J connectivity index is 1.10. The largest absolute Gasteiger partial charge is 0.456 e. The maximum atomic E-state index is 6.58. The number of hydrogen-bond acceptors (Lipinski definition) is 1. The molecule has 51 heavy (non-hydrogen) atoms. The van der Waals surface area contributed by atoms with Crippen LogP contribution in [0.25, 0.3) is 120 Å². The van der Waals surface area contributed by atoms with Crippen LogP contribution in [0.3, 0.4) is 0 Å². The standard InChI is InChI=1S/C50H28O/c1-2-10-33-29(8-1)9-7-15-35(33)40-22-17-31-18-23-41-34(21-16-30-19-24-42(40)50(31)49(30)41)32-20-25-47-45(26-32)46-27-43-38-13-5-3-11-36(38)37-12-4-6-14-39(37)44(43)28-48(46)51-47/h1-28H. The van der Waals surface area contributed by atoms with Gasteiger partial charge in [-0.2, -0.15) is 0 Å². The molecular formula is C50H28O. The molecular weight excluding hydrogens is 617 g/mol. The van der Waals surface area contributed by atoms with Gasteiger partial charge in [0, 0.05) is 10.8 Å². The lowest BCUT2D eigenvalue weighted by Gasteiger charge is -2.17. The monoisotopic (exact) mass is 644 g/mol. The molecule has 0 radical (unpaired) electrons. The zero-order chi connectivity index (χ0) is 33.2. The van der Waals surface area contributed by atoms with Crippen molar-refractivity contribution in [2.45, 2.75) is 0 Å². The summed E-state index contributed by atoms with van der Waals surface area (Å²) in [5.74, 6) is 0. The van der Waals surface area contributed by atoms with Crippen LogP contribution < -0.4 is 0 Å². The average molecular weight is 645 g/mol. The van der Waals surface area contributed by atoms with E-state index in [0.29, 0.717) is 0 Å². The molecule has 0 saturated carbocycles. The van der Waals surface area contributed by atoms with Gasteiger partial charge in [0.15, 0.2) is 0 Å². The van der Waals surface area contributed by atoms with E-state index in [-0.39, 0.29) is 0 Å². The molecule has 0 N–H and O–H groups in total. The third-order valence-corrected chi connectivity index (χ3v) is 11.4. The normalized spacial score (nSPS) is 12.3. The summed E-state index contributed by atoms with van der Waals surface area (Å²) >= 11 is 0. The maximum Gasteiger partial charge on any atom is 0.136 e. The molecule has 1 heteroatoms. The lowest BCUT2D eigenvalue weighted by atomic mass is 9.86. The SMILES string of the molecule is c1ccc2c(-c3ccc4ccc5c(-c6ccc7oc8cc9c%10ccccc%10c%10ccccc%10c9cc8c7c6)ccc6ccc3c4c65)cccc2c1. The van der Waals surface area contributed by atoms with E-state index in [0.717, 1.165) is 21.9 Å². The third-order valence-electron chi connectivity index (χ3n) is 11.4. The molecule has 1 heterocycles. The Bertz CT molecular complexity index is 3410. The van der Waals surface area contributed by atoms with Crippen LogP contribution in [0, 0.1) is 0 Å². The molecule has 0 atom stereocenters. The smallest absolute Gasteiger partial charge is 0.136 e. The first-order valence-corrected chi connectivity index (χ1v) is 17.7. The van der Waals surface area contributed by atoms with Crippen molar-refractivity contribution in [1.29, 1.82) is 0 Å². The maximum absolute atomic E-state index is 6.58. The molecule has 12 aromatic rings. The summed E-state index contributed by atoms with van der Waals surface area (Å²) in [5, 5.41) is 20.2. The van der Waals surface area contributed by atoms with Gasteiger partial charge in [-0.05, 0) is 122 Å². The van der Waals surface area contributed by atoms with Gasteiger partial charge in [-0.3, -0.25) is 0 Å². The predicted octanol–water partition coefficient (Wildman–Crippen LogP) is 14.4. The Labute approximate surface area is 292 Å². The second-order valence-corrected chi connectivity index (χ2v) is 14.0. The topological polar surface area (TPSA) is 13.1 Å². The Morgan fingerprint density at radius 3 is 1.51 bits per heavy atom. The zero-order valence-corrected chi connectivity index (χ0v) is 27.6. The van der Waals surface area contributed by atoms with E-state index < -0.39 is 0 Å².